The van der Waals surface area contributed by atoms with Gasteiger partial charge in [-0.3, -0.25) is 4.79 Å². The lowest BCUT2D eigenvalue weighted by atomic mass is 9.90. The maximum absolute atomic E-state index is 12.2. The molecule has 1 unspecified atom stereocenters. The second-order valence-corrected chi connectivity index (χ2v) is 7.61. The fourth-order valence-corrected chi connectivity index (χ4v) is 2.59. The molecule has 1 heterocycles. The van der Waals surface area contributed by atoms with Crippen molar-refractivity contribution in [3.8, 4) is 0 Å². The predicted molar refractivity (Wildman–Crippen MR) is 82.6 cm³/mol. The summed E-state index contributed by atoms with van der Waals surface area (Å²) in [7, 11) is 0. The van der Waals surface area contributed by atoms with Crippen LogP contribution in [0.5, 0.6) is 0 Å². The molecule has 1 amide bonds. The molecule has 0 bridgehead atoms. The molecule has 0 aliphatic carbocycles. The predicted octanol–water partition coefficient (Wildman–Crippen LogP) is 2.16. The van der Waals surface area contributed by atoms with E-state index in [4.69, 9.17) is 0 Å². The van der Waals surface area contributed by atoms with Crippen LogP contribution in [0.1, 0.15) is 60.3 Å². The van der Waals surface area contributed by atoms with E-state index in [2.05, 4.69) is 39.9 Å². The summed E-state index contributed by atoms with van der Waals surface area (Å²) in [6, 6.07) is 0.408. The molecule has 1 aliphatic heterocycles. The first kappa shape index (κ1) is 17.4. The minimum absolute atomic E-state index is 0.0594. The standard InChI is InChI=1S/C16H32N2O2/c1-6-16(5,12-19)17-13-7-9-18(10-8-13)14(20)11-15(2,3)4/h13,17,19H,6-12H2,1-5H3. The number of piperidine rings is 1. The first-order valence-electron chi connectivity index (χ1n) is 7.85. The van der Waals surface area contributed by atoms with E-state index in [1.165, 1.54) is 0 Å². The van der Waals surface area contributed by atoms with Gasteiger partial charge in [-0.05, 0) is 31.6 Å². The second kappa shape index (κ2) is 6.90. The molecular weight excluding hydrogens is 252 g/mol. The zero-order valence-electron chi connectivity index (χ0n) is 13.8. The average Bonchev–Trinajstić information content (AvgIpc) is 2.37. The monoisotopic (exact) mass is 284 g/mol. The van der Waals surface area contributed by atoms with Gasteiger partial charge in [-0.1, -0.05) is 27.7 Å². The van der Waals surface area contributed by atoms with E-state index in [9.17, 15) is 9.90 Å². The minimum atomic E-state index is -0.192. The van der Waals surface area contributed by atoms with Crippen molar-refractivity contribution in [3.63, 3.8) is 0 Å². The molecule has 4 heteroatoms. The summed E-state index contributed by atoms with van der Waals surface area (Å²) < 4.78 is 0. The van der Waals surface area contributed by atoms with Crippen LogP contribution >= 0.6 is 0 Å². The smallest absolute Gasteiger partial charge is 0.223 e. The van der Waals surface area contributed by atoms with E-state index in [0.29, 0.717) is 12.5 Å². The third-order valence-electron chi connectivity index (χ3n) is 4.21. The topological polar surface area (TPSA) is 52.6 Å². The lowest BCUT2D eigenvalue weighted by Crippen LogP contribution is -2.54. The fraction of sp³-hybridized carbons (Fsp3) is 0.938. The van der Waals surface area contributed by atoms with Crippen LogP contribution in [0.2, 0.25) is 0 Å². The molecule has 0 spiro atoms. The fourth-order valence-electron chi connectivity index (χ4n) is 2.59. The van der Waals surface area contributed by atoms with E-state index in [-0.39, 0.29) is 23.5 Å². The van der Waals surface area contributed by atoms with E-state index in [1.54, 1.807) is 0 Å². The minimum Gasteiger partial charge on any atom is -0.394 e. The van der Waals surface area contributed by atoms with Gasteiger partial charge in [0.15, 0.2) is 0 Å². The summed E-state index contributed by atoms with van der Waals surface area (Å²) in [5.74, 6) is 0.274. The van der Waals surface area contributed by atoms with Crippen LogP contribution < -0.4 is 5.32 Å². The number of nitrogens with zero attached hydrogens (tertiary/aromatic N) is 1. The van der Waals surface area contributed by atoms with Crippen LogP contribution in [0, 0.1) is 5.41 Å². The molecule has 118 valence electrons. The summed E-state index contributed by atoms with van der Waals surface area (Å²) in [6.07, 6.45) is 3.48. The molecule has 0 aromatic carbocycles. The maximum Gasteiger partial charge on any atom is 0.223 e. The number of carbonyl (C=O) groups excluding carboxylic acids is 1. The molecule has 0 aromatic heterocycles. The summed E-state index contributed by atoms with van der Waals surface area (Å²) in [5, 5.41) is 13.0. The van der Waals surface area contributed by atoms with Crippen LogP contribution in [0.15, 0.2) is 0 Å². The normalized spacial score (nSPS) is 20.8. The lowest BCUT2D eigenvalue weighted by molar-refractivity contribution is -0.134. The average molecular weight is 284 g/mol. The number of nitrogens with one attached hydrogen (secondary N) is 1. The summed E-state index contributed by atoms with van der Waals surface area (Å²) in [5.41, 5.74) is -0.133. The number of aliphatic hydroxyl groups is 1. The molecule has 0 aromatic rings. The molecule has 0 saturated carbocycles. The van der Waals surface area contributed by atoms with Crippen molar-refractivity contribution in [3.05, 3.63) is 0 Å². The number of rotatable bonds is 5. The summed E-state index contributed by atoms with van der Waals surface area (Å²) in [6.45, 7) is 12.3. The summed E-state index contributed by atoms with van der Waals surface area (Å²) >= 11 is 0. The van der Waals surface area contributed by atoms with Crippen LogP contribution in [-0.2, 0) is 4.79 Å². The van der Waals surface area contributed by atoms with Crippen LogP contribution in [-0.4, -0.2) is 47.2 Å². The van der Waals surface area contributed by atoms with Crippen LogP contribution in [0.25, 0.3) is 0 Å². The van der Waals surface area contributed by atoms with Crippen LogP contribution in [0.4, 0.5) is 0 Å². The number of aliphatic hydroxyl groups excluding tert-OH is 1. The molecule has 4 nitrogen and oxygen atoms in total. The van der Waals surface area contributed by atoms with E-state index in [1.807, 2.05) is 4.90 Å². The third-order valence-corrected chi connectivity index (χ3v) is 4.21. The van der Waals surface area contributed by atoms with Gasteiger partial charge in [0, 0.05) is 31.1 Å². The van der Waals surface area contributed by atoms with Crippen LogP contribution in [0.3, 0.4) is 0 Å². The van der Waals surface area contributed by atoms with Gasteiger partial charge in [0.25, 0.3) is 0 Å². The number of hydrogen-bond donors (Lipinski definition) is 2. The Morgan fingerprint density at radius 3 is 2.20 bits per heavy atom. The van der Waals surface area contributed by atoms with E-state index < -0.39 is 0 Å². The van der Waals surface area contributed by atoms with Gasteiger partial charge in [-0.2, -0.15) is 0 Å². The zero-order chi connectivity index (χ0) is 15.4. The Morgan fingerprint density at radius 2 is 1.80 bits per heavy atom. The third kappa shape index (κ3) is 5.41. The zero-order valence-corrected chi connectivity index (χ0v) is 13.8. The number of amides is 1. The number of carbonyl (C=O) groups is 1. The van der Waals surface area contributed by atoms with Crippen molar-refractivity contribution < 1.29 is 9.90 Å². The van der Waals surface area contributed by atoms with Gasteiger partial charge in [0.1, 0.15) is 0 Å². The van der Waals surface area contributed by atoms with Crippen molar-refractivity contribution in [1.29, 1.82) is 0 Å². The largest absolute Gasteiger partial charge is 0.394 e. The Balaban J connectivity index is 2.42. The van der Waals surface area contributed by atoms with Gasteiger partial charge in [-0.25, -0.2) is 0 Å². The molecule has 2 N–H and O–H groups in total. The van der Waals surface area contributed by atoms with Crippen molar-refractivity contribution in [1.82, 2.24) is 10.2 Å². The Kier molecular flexibility index (Phi) is 6.02. The quantitative estimate of drug-likeness (QED) is 0.813. The van der Waals surface area contributed by atoms with Crippen molar-refractivity contribution in [2.24, 2.45) is 5.41 Å². The van der Waals surface area contributed by atoms with Gasteiger partial charge in [0.2, 0.25) is 5.91 Å². The van der Waals surface area contributed by atoms with Gasteiger partial charge >= 0.3 is 0 Å². The number of likely N-dealkylation sites (tertiary alicyclic amines) is 1. The molecule has 0 radical (unpaired) electrons. The first-order valence-corrected chi connectivity index (χ1v) is 7.85. The lowest BCUT2D eigenvalue weighted by Gasteiger charge is -2.38. The molecular formula is C16H32N2O2. The van der Waals surface area contributed by atoms with Gasteiger partial charge < -0.3 is 15.3 Å². The Hall–Kier alpha value is -0.610. The molecule has 1 saturated heterocycles. The Labute approximate surface area is 123 Å². The van der Waals surface area contributed by atoms with Crippen molar-refractivity contribution in [2.75, 3.05) is 19.7 Å². The molecule has 1 atom stereocenters. The van der Waals surface area contributed by atoms with E-state index in [0.717, 1.165) is 32.4 Å². The van der Waals surface area contributed by atoms with Gasteiger partial charge in [-0.15, -0.1) is 0 Å². The summed E-state index contributed by atoms with van der Waals surface area (Å²) in [4.78, 5) is 14.2. The molecule has 1 fully saturated rings. The molecule has 20 heavy (non-hydrogen) atoms. The second-order valence-electron chi connectivity index (χ2n) is 7.61. The van der Waals surface area contributed by atoms with Crippen molar-refractivity contribution in [2.45, 2.75) is 71.9 Å². The van der Waals surface area contributed by atoms with Gasteiger partial charge in [0.05, 0.1) is 6.61 Å². The highest BCUT2D eigenvalue weighted by molar-refractivity contribution is 5.76. The maximum atomic E-state index is 12.2. The first-order chi connectivity index (χ1) is 9.19. The van der Waals surface area contributed by atoms with Crippen molar-refractivity contribution >= 4 is 5.91 Å². The Morgan fingerprint density at radius 1 is 1.25 bits per heavy atom. The van der Waals surface area contributed by atoms with E-state index >= 15 is 0 Å². The Bertz CT molecular complexity index is 311. The molecule has 1 aliphatic rings. The highest BCUT2D eigenvalue weighted by atomic mass is 16.3. The SMILES string of the molecule is CCC(C)(CO)NC1CCN(C(=O)CC(C)(C)C)CC1. The highest BCUT2D eigenvalue weighted by Gasteiger charge is 2.29. The molecule has 1 rings (SSSR count). The number of hydrogen-bond acceptors (Lipinski definition) is 3. The highest BCUT2D eigenvalue weighted by Crippen LogP contribution is 2.22.